The number of piperidine rings is 1. The van der Waals surface area contributed by atoms with Crippen LogP contribution in [-0.4, -0.2) is 51.8 Å². The zero-order chi connectivity index (χ0) is 17.9. The molecule has 2 aromatic heterocycles. The first-order valence-electron chi connectivity index (χ1n) is 9.04. The van der Waals surface area contributed by atoms with E-state index in [9.17, 15) is 4.79 Å². The quantitative estimate of drug-likeness (QED) is 0.785. The summed E-state index contributed by atoms with van der Waals surface area (Å²) >= 11 is 0. The van der Waals surface area contributed by atoms with Gasteiger partial charge in [0.05, 0.1) is 18.3 Å². The van der Waals surface area contributed by atoms with E-state index in [1.165, 1.54) is 5.56 Å². The van der Waals surface area contributed by atoms with Gasteiger partial charge in [-0.25, -0.2) is 9.67 Å². The zero-order valence-corrected chi connectivity index (χ0v) is 14.9. The molecule has 1 aliphatic rings. The van der Waals surface area contributed by atoms with Crippen molar-refractivity contribution in [3.63, 3.8) is 0 Å². The van der Waals surface area contributed by atoms with E-state index in [0.29, 0.717) is 12.1 Å². The average Bonchev–Trinajstić information content (AvgIpc) is 3.06. The summed E-state index contributed by atoms with van der Waals surface area (Å²) in [5.74, 6) is -0.0511. The van der Waals surface area contributed by atoms with Gasteiger partial charge in [0.1, 0.15) is 0 Å². The Balaban J connectivity index is 1.48. The number of likely N-dealkylation sites (tertiary alicyclic amines) is 1. The number of nitrogens with one attached hydrogen (secondary N) is 1. The second kappa shape index (κ2) is 7.25. The maximum atomic E-state index is 12.5. The molecule has 1 aromatic carbocycles. The molecule has 6 nitrogen and oxygen atoms in total. The Bertz CT molecular complexity index is 897. The Labute approximate surface area is 152 Å². The molecule has 0 atom stereocenters. The maximum Gasteiger partial charge on any atom is 0.253 e. The Kier molecular flexibility index (Phi) is 4.67. The number of rotatable bonds is 4. The molecule has 0 spiro atoms. The first-order valence-corrected chi connectivity index (χ1v) is 9.04. The highest BCUT2D eigenvalue weighted by molar-refractivity contribution is 5.97. The number of fused-ring (bicyclic) bond motifs is 1. The largest absolute Gasteiger partial charge is 0.349 e. The topological polar surface area (TPSA) is 63.1 Å². The number of hydrogen-bond donors (Lipinski definition) is 1. The molecule has 0 aliphatic carbocycles. The summed E-state index contributed by atoms with van der Waals surface area (Å²) < 4.78 is 1.86. The Hall–Kier alpha value is -2.73. The minimum absolute atomic E-state index is 0.0511. The molecule has 1 amide bonds. The second-order valence-electron chi connectivity index (χ2n) is 6.98. The van der Waals surface area contributed by atoms with E-state index in [1.807, 2.05) is 28.9 Å². The zero-order valence-electron chi connectivity index (χ0n) is 14.9. The fraction of sp³-hybridized carbons (Fsp3) is 0.350. The molecule has 134 valence electrons. The Morgan fingerprint density at radius 3 is 2.73 bits per heavy atom. The molecule has 0 saturated carbocycles. The van der Waals surface area contributed by atoms with Crippen molar-refractivity contribution in [1.29, 1.82) is 0 Å². The predicted molar refractivity (Wildman–Crippen MR) is 101 cm³/mol. The molecule has 3 aromatic rings. The van der Waals surface area contributed by atoms with Crippen molar-refractivity contribution in [2.45, 2.75) is 25.4 Å². The Morgan fingerprint density at radius 1 is 1.19 bits per heavy atom. The fourth-order valence-corrected chi connectivity index (χ4v) is 3.39. The van der Waals surface area contributed by atoms with Crippen LogP contribution in [0.1, 0.15) is 28.8 Å². The van der Waals surface area contributed by atoms with Gasteiger partial charge in [0.25, 0.3) is 5.91 Å². The van der Waals surface area contributed by atoms with Crippen LogP contribution in [0.5, 0.6) is 0 Å². The lowest BCUT2D eigenvalue weighted by Gasteiger charge is -2.29. The third-order valence-electron chi connectivity index (χ3n) is 4.97. The van der Waals surface area contributed by atoms with Crippen LogP contribution in [0.2, 0.25) is 0 Å². The highest BCUT2D eigenvalue weighted by Gasteiger charge is 2.19. The first-order chi connectivity index (χ1) is 12.7. The summed E-state index contributed by atoms with van der Waals surface area (Å²) in [5.41, 5.74) is 2.56. The standard InChI is InChI=1S/C20H23N5O/c1-24-9-7-18(8-10-24)23-20(26)17-11-16-13-22-25(19(16)21-12-17)14-15-5-3-2-4-6-15/h2-6,11-13,18H,7-10,14H2,1H3,(H,23,26). The lowest BCUT2D eigenvalue weighted by Crippen LogP contribution is -2.43. The lowest BCUT2D eigenvalue weighted by molar-refractivity contribution is 0.0916. The number of carbonyl (C=O) groups excluding carboxylic acids is 1. The number of carbonyl (C=O) groups is 1. The van der Waals surface area contributed by atoms with Gasteiger partial charge in [-0.2, -0.15) is 5.10 Å². The van der Waals surface area contributed by atoms with E-state index in [4.69, 9.17) is 0 Å². The van der Waals surface area contributed by atoms with Crippen molar-refractivity contribution < 1.29 is 4.79 Å². The Morgan fingerprint density at radius 2 is 1.96 bits per heavy atom. The maximum absolute atomic E-state index is 12.5. The van der Waals surface area contributed by atoms with Crippen LogP contribution in [0.4, 0.5) is 0 Å². The number of benzene rings is 1. The number of nitrogens with zero attached hydrogens (tertiary/aromatic N) is 4. The van der Waals surface area contributed by atoms with Gasteiger partial charge in [-0.3, -0.25) is 4.79 Å². The van der Waals surface area contributed by atoms with E-state index in [0.717, 1.165) is 37.0 Å². The minimum atomic E-state index is -0.0511. The van der Waals surface area contributed by atoms with E-state index in [-0.39, 0.29) is 11.9 Å². The van der Waals surface area contributed by atoms with Crippen LogP contribution >= 0.6 is 0 Å². The molecule has 0 unspecified atom stereocenters. The van der Waals surface area contributed by atoms with Crippen molar-refractivity contribution in [2.75, 3.05) is 20.1 Å². The minimum Gasteiger partial charge on any atom is -0.349 e. The van der Waals surface area contributed by atoms with Crippen molar-refractivity contribution in [3.05, 3.63) is 59.9 Å². The van der Waals surface area contributed by atoms with Crippen LogP contribution < -0.4 is 5.32 Å². The van der Waals surface area contributed by atoms with Gasteiger partial charge in [0.15, 0.2) is 5.65 Å². The van der Waals surface area contributed by atoms with Gasteiger partial charge in [0, 0.05) is 17.6 Å². The molecular formula is C20H23N5O. The molecule has 3 heterocycles. The number of aromatic nitrogens is 3. The van der Waals surface area contributed by atoms with Crippen LogP contribution in [-0.2, 0) is 6.54 Å². The molecule has 1 fully saturated rings. The van der Waals surface area contributed by atoms with Crippen molar-refractivity contribution in [3.8, 4) is 0 Å². The van der Waals surface area contributed by atoms with E-state index >= 15 is 0 Å². The highest BCUT2D eigenvalue weighted by atomic mass is 16.1. The smallest absolute Gasteiger partial charge is 0.253 e. The molecular weight excluding hydrogens is 326 g/mol. The van der Waals surface area contributed by atoms with Crippen molar-refractivity contribution in [1.82, 2.24) is 25.0 Å². The van der Waals surface area contributed by atoms with E-state index in [1.54, 1.807) is 12.4 Å². The van der Waals surface area contributed by atoms with Gasteiger partial charge in [0.2, 0.25) is 0 Å². The summed E-state index contributed by atoms with van der Waals surface area (Å²) in [7, 11) is 2.11. The number of amides is 1. The summed E-state index contributed by atoms with van der Waals surface area (Å²) in [5, 5.41) is 8.45. The molecule has 0 radical (unpaired) electrons. The molecule has 4 rings (SSSR count). The summed E-state index contributed by atoms with van der Waals surface area (Å²) in [6.45, 7) is 2.71. The van der Waals surface area contributed by atoms with Crippen LogP contribution in [0.25, 0.3) is 11.0 Å². The van der Waals surface area contributed by atoms with Gasteiger partial charge in [-0.05, 0) is 44.6 Å². The fourth-order valence-electron chi connectivity index (χ4n) is 3.39. The van der Waals surface area contributed by atoms with E-state index in [2.05, 4.69) is 39.5 Å². The van der Waals surface area contributed by atoms with Gasteiger partial charge >= 0.3 is 0 Å². The molecule has 6 heteroatoms. The highest BCUT2D eigenvalue weighted by Crippen LogP contribution is 2.16. The molecule has 1 N–H and O–H groups in total. The summed E-state index contributed by atoms with van der Waals surface area (Å²) in [4.78, 5) is 19.3. The van der Waals surface area contributed by atoms with Crippen LogP contribution in [0.15, 0.2) is 48.8 Å². The van der Waals surface area contributed by atoms with Crippen molar-refractivity contribution >= 4 is 16.9 Å². The summed E-state index contributed by atoms with van der Waals surface area (Å²) in [6, 6.07) is 12.3. The van der Waals surface area contributed by atoms with Gasteiger partial charge in [-0.1, -0.05) is 30.3 Å². The molecule has 1 aliphatic heterocycles. The van der Waals surface area contributed by atoms with Crippen LogP contribution in [0, 0.1) is 0 Å². The number of pyridine rings is 1. The number of hydrogen-bond acceptors (Lipinski definition) is 4. The van der Waals surface area contributed by atoms with Gasteiger partial charge in [-0.15, -0.1) is 0 Å². The average molecular weight is 349 g/mol. The van der Waals surface area contributed by atoms with Crippen molar-refractivity contribution in [2.24, 2.45) is 0 Å². The molecule has 26 heavy (non-hydrogen) atoms. The third kappa shape index (κ3) is 3.60. The third-order valence-corrected chi connectivity index (χ3v) is 4.97. The lowest BCUT2D eigenvalue weighted by atomic mass is 10.1. The first kappa shape index (κ1) is 16.7. The predicted octanol–water partition coefficient (Wildman–Crippen LogP) is 2.30. The SMILES string of the molecule is CN1CCC(NC(=O)c2cnc3c(cnn3Cc3ccccc3)c2)CC1. The normalized spacial score (nSPS) is 16.0. The summed E-state index contributed by atoms with van der Waals surface area (Å²) in [6.07, 6.45) is 5.41. The van der Waals surface area contributed by atoms with E-state index < -0.39 is 0 Å². The van der Waals surface area contributed by atoms with Crippen LogP contribution in [0.3, 0.4) is 0 Å². The van der Waals surface area contributed by atoms with Gasteiger partial charge < -0.3 is 10.2 Å². The molecule has 1 saturated heterocycles. The second-order valence-corrected chi connectivity index (χ2v) is 6.98. The molecule has 0 bridgehead atoms. The monoisotopic (exact) mass is 349 g/mol.